The van der Waals surface area contributed by atoms with Gasteiger partial charge in [0.15, 0.2) is 0 Å². The number of esters is 1. The minimum absolute atomic E-state index is 0.00561. The summed E-state index contributed by atoms with van der Waals surface area (Å²) in [5, 5.41) is 8.83. The zero-order valence-electron chi connectivity index (χ0n) is 20.2. The maximum Gasteiger partial charge on any atom is 0.303 e. The topological polar surface area (TPSA) is 72.8 Å². The molecule has 0 aliphatic carbocycles. The van der Waals surface area contributed by atoms with Crippen LogP contribution in [0, 0.1) is 0 Å². The molecule has 1 rings (SSSR count). The molecule has 0 amide bonds. The van der Waals surface area contributed by atoms with Crippen molar-refractivity contribution in [1.82, 2.24) is 0 Å². The van der Waals surface area contributed by atoms with Gasteiger partial charge in [-0.25, -0.2) is 0 Å². The summed E-state index contributed by atoms with van der Waals surface area (Å²) in [7, 11) is 0. The van der Waals surface area contributed by atoms with Crippen LogP contribution >= 0.6 is 0 Å². The van der Waals surface area contributed by atoms with Crippen LogP contribution in [0.3, 0.4) is 0 Å². The molecule has 182 valence electrons. The minimum Gasteiger partial charge on any atom is -0.481 e. The Balaban J connectivity index is 2.53. The molecule has 0 radical (unpaired) electrons. The Morgan fingerprint density at radius 2 is 1.44 bits per heavy atom. The second-order valence-corrected chi connectivity index (χ2v) is 8.79. The maximum absolute atomic E-state index is 11.7. The van der Waals surface area contributed by atoms with Crippen LogP contribution in [-0.4, -0.2) is 29.3 Å². The first-order valence-electron chi connectivity index (χ1n) is 12.6. The van der Waals surface area contributed by atoms with Crippen LogP contribution in [0.4, 0.5) is 0 Å². The average molecular weight is 449 g/mol. The summed E-state index contributed by atoms with van der Waals surface area (Å²) in [5.41, 5.74) is 1.12. The largest absolute Gasteiger partial charge is 0.481 e. The van der Waals surface area contributed by atoms with E-state index in [0.717, 1.165) is 37.7 Å². The molecule has 5 heteroatoms. The summed E-state index contributed by atoms with van der Waals surface area (Å²) in [6, 6.07) is 10.1. The SMILES string of the molecule is CCCCCCCCCC(CC(CCCCCC(=O)O)OCc1ccccc1)OC(C)=O. The Morgan fingerprint density at radius 1 is 0.844 bits per heavy atom. The van der Waals surface area contributed by atoms with E-state index in [0.29, 0.717) is 19.4 Å². The number of aliphatic carboxylic acids is 1. The molecule has 1 aromatic carbocycles. The van der Waals surface area contributed by atoms with Crippen molar-refractivity contribution >= 4 is 11.9 Å². The van der Waals surface area contributed by atoms with Crippen LogP contribution < -0.4 is 0 Å². The zero-order valence-corrected chi connectivity index (χ0v) is 20.2. The Labute approximate surface area is 194 Å². The van der Waals surface area contributed by atoms with E-state index in [-0.39, 0.29) is 24.6 Å². The number of ether oxygens (including phenoxy) is 2. The molecule has 0 spiro atoms. The molecule has 0 aliphatic rings. The van der Waals surface area contributed by atoms with Gasteiger partial charge in [-0.05, 0) is 31.2 Å². The van der Waals surface area contributed by atoms with Gasteiger partial charge in [0.25, 0.3) is 0 Å². The summed E-state index contributed by atoms with van der Waals surface area (Å²) in [6.07, 6.45) is 13.6. The molecule has 0 fully saturated rings. The van der Waals surface area contributed by atoms with E-state index in [1.54, 1.807) is 0 Å². The fourth-order valence-corrected chi connectivity index (χ4v) is 3.96. The highest BCUT2D eigenvalue weighted by Crippen LogP contribution is 2.21. The van der Waals surface area contributed by atoms with Gasteiger partial charge in [0.2, 0.25) is 0 Å². The third-order valence-corrected chi connectivity index (χ3v) is 5.73. The standard InChI is InChI=1S/C27H44O5/c1-3-4-5-6-7-8-13-19-26(32-23(2)28)21-25(18-14-10-15-20-27(29)30)31-22-24-16-11-9-12-17-24/h9,11-12,16-17,25-26H,3-8,10,13-15,18-22H2,1-2H3,(H,29,30). The van der Waals surface area contributed by atoms with Gasteiger partial charge in [-0.15, -0.1) is 0 Å². The van der Waals surface area contributed by atoms with Gasteiger partial charge in [0.1, 0.15) is 6.10 Å². The lowest BCUT2D eigenvalue weighted by Gasteiger charge is -2.24. The number of unbranched alkanes of at least 4 members (excludes halogenated alkanes) is 8. The summed E-state index contributed by atoms with van der Waals surface area (Å²) >= 11 is 0. The summed E-state index contributed by atoms with van der Waals surface area (Å²) in [5.74, 6) is -0.979. The molecule has 0 aromatic heterocycles. The number of carbonyl (C=O) groups is 2. The van der Waals surface area contributed by atoms with E-state index in [9.17, 15) is 9.59 Å². The molecule has 32 heavy (non-hydrogen) atoms. The van der Waals surface area contributed by atoms with Gasteiger partial charge >= 0.3 is 11.9 Å². The predicted molar refractivity (Wildman–Crippen MR) is 129 cm³/mol. The van der Waals surface area contributed by atoms with Crippen molar-refractivity contribution in [1.29, 1.82) is 0 Å². The summed E-state index contributed by atoms with van der Waals surface area (Å²) in [4.78, 5) is 22.4. The highest BCUT2D eigenvalue weighted by Gasteiger charge is 2.20. The molecule has 0 aliphatic heterocycles. The average Bonchev–Trinajstić information content (AvgIpc) is 2.76. The van der Waals surface area contributed by atoms with Crippen LogP contribution in [-0.2, 0) is 25.7 Å². The number of benzene rings is 1. The lowest BCUT2D eigenvalue weighted by Crippen LogP contribution is -2.25. The minimum atomic E-state index is -0.744. The maximum atomic E-state index is 11.7. The molecule has 0 bridgehead atoms. The van der Waals surface area contributed by atoms with Crippen molar-refractivity contribution in [3.63, 3.8) is 0 Å². The monoisotopic (exact) mass is 448 g/mol. The van der Waals surface area contributed by atoms with Gasteiger partial charge in [-0.1, -0.05) is 88.6 Å². The second kappa shape index (κ2) is 18.7. The van der Waals surface area contributed by atoms with Crippen LogP contribution in [0.5, 0.6) is 0 Å². The lowest BCUT2D eigenvalue weighted by molar-refractivity contribution is -0.149. The third-order valence-electron chi connectivity index (χ3n) is 5.73. The Morgan fingerprint density at radius 3 is 2.06 bits per heavy atom. The first kappa shape index (κ1) is 28.2. The first-order valence-corrected chi connectivity index (χ1v) is 12.6. The molecule has 1 aromatic rings. The van der Waals surface area contributed by atoms with Crippen molar-refractivity contribution < 1.29 is 24.2 Å². The van der Waals surface area contributed by atoms with E-state index in [1.807, 2.05) is 30.3 Å². The van der Waals surface area contributed by atoms with Crippen molar-refractivity contribution in [3.8, 4) is 0 Å². The number of hydrogen-bond donors (Lipinski definition) is 1. The number of rotatable bonds is 20. The van der Waals surface area contributed by atoms with Crippen LogP contribution in [0.15, 0.2) is 30.3 Å². The fraction of sp³-hybridized carbons (Fsp3) is 0.704. The molecular weight excluding hydrogens is 404 g/mol. The second-order valence-electron chi connectivity index (χ2n) is 8.79. The van der Waals surface area contributed by atoms with Gasteiger partial charge in [-0.2, -0.15) is 0 Å². The fourth-order valence-electron chi connectivity index (χ4n) is 3.96. The molecule has 0 saturated heterocycles. The molecular formula is C27H44O5. The summed E-state index contributed by atoms with van der Waals surface area (Å²) < 4.78 is 11.9. The number of carboxylic acid groups (broad SMARTS) is 1. The van der Waals surface area contributed by atoms with E-state index in [2.05, 4.69) is 6.92 Å². The Kier molecular flexibility index (Phi) is 16.4. The number of carbonyl (C=O) groups excluding carboxylic acids is 1. The van der Waals surface area contributed by atoms with Crippen molar-refractivity contribution in [2.75, 3.05) is 0 Å². The van der Waals surface area contributed by atoms with Gasteiger partial charge < -0.3 is 14.6 Å². The molecule has 0 saturated carbocycles. The lowest BCUT2D eigenvalue weighted by atomic mass is 9.99. The molecule has 2 atom stereocenters. The molecule has 5 nitrogen and oxygen atoms in total. The van der Waals surface area contributed by atoms with Gasteiger partial charge in [-0.3, -0.25) is 9.59 Å². The zero-order chi connectivity index (χ0) is 23.4. The van der Waals surface area contributed by atoms with Crippen molar-refractivity contribution in [3.05, 3.63) is 35.9 Å². The van der Waals surface area contributed by atoms with Crippen LogP contribution in [0.25, 0.3) is 0 Å². The van der Waals surface area contributed by atoms with Gasteiger partial charge in [0, 0.05) is 19.8 Å². The first-order chi connectivity index (χ1) is 15.5. The summed E-state index contributed by atoms with van der Waals surface area (Å²) in [6.45, 7) is 4.24. The molecule has 0 heterocycles. The van der Waals surface area contributed by atoms with Gasteiger partial charge in [0.05, 0.1) is 12.7 Å². The van der Waals surface area contributed by atoms with E-state index < -0.39 is 5.97 Å². The van der Waals surface area contributed by atoms with E-state index >= 15 is 0 Å². The third kappa shape index (κ3) is 15.9. The highest BCUT2D eigenvalue weighted by molar-refractivity contribution is 5.66. The molecule has 1 N–H and O–H groups in total. The molecule has 2 unspecified atom stereocenters. The normalized spacial score (nSPS) is 12.9. The van der Waals surface area contributed by atoms with Crippen LogP contribution in [0.2, 0.25) is 0 Å². The highest BCUT2D eigenvalue weighted by atomic mass is 16.5. The van der Waals surface area contributed by atoms with E-state index in [4.69, 9.17) is 14.6 Å². The van der Waals surface area contributed by atoms with Crippen LogP contribution in [0.1, 0.15) is 109 Å². The Bertz CT molecular complexity index is 601. The smallest absolute Gasteiger partial charge is 0.303 e. The number of hydrogen-bond acceptors (Lipinski definition) is 4. The predicted octanol–water partition coefficient (Wildman–Crippen LogP) is 7.07. The van der Waals surface area contributed by atoms with Crippen molar-refractivity contribution in [2.45, 2.75) is 123 Å². The quantitative estimate of drug-likeness (QED) is 0.171. The number of carboxylic acids is 1. The van der Waals surface area contributed by atoms with Crippen molar-refractivity contribution in [2.24, 2.45) is 0 Å². The van der Waals surface area contributed by atoms with E-state index in [1.165, 1.54) is 45.4 Å². The Hall–Kier alpha value is -1.88.